The van der Waals surface area contributed by atoms with Gasteiger partial charge in [-0.25, -0.2) is 4.79 Å². The third-order valence-electron chi connectivity index (χ3n) is 1.99. The van der Waals surface area contributed by atoms with E-state index in [1.165, 1.54) is 0 Å². The summed E-state index contributed by atoms with van der Waals surface area (Å²) in [5.74, 6) is 0.633. The summed E-state index contributed by atoms with van der Waals surface area (Å²) in [7, 11) is 0. The molecule has 0 spiro atoms. The van der Waals surface area contributed by atoms with Gasteiger partial charge in [0.05, 0.1) is 12.3 Å². The Morgan fingerprint density at radius 3 is 2.88 bits per heavy atom. The number of amides is 1. The van der Waals surface area contributed by atoms with Gasteiger partial charge >= 0.3 is 6.09 Å². The van der Waals surface area contributed by atoms with E-state index in [-0.39, 0.29) is 6.61 Å². The van der Waals surface area contributed by atoms with E-state index in [1.54, 1.807) is 12.1 Å². The first-order valence-corrected chi connectivity index (χ1v) is 5.32. The number of primary amides is 1. The molecule has 17 heavy (non-hydrogen) atoms. The minimum atomic E-state index is -0.779. The molecule has 6 heteroatoms. The van der Waals surface area contributed by atoms with E-state index in [9.17, 15) is 4.79 Å². The fourth-order valence-electron chi connectivity index (χ4n) is 1.27. The van der Waals surface area contributed by atoms with Crippen LogP contribution in [0.2, 0.25) is 0 Å². The van der Waals surface area contributed by atoms with Crippen molar-refractivity contribution in [2.75, 3.05) is 30.8 Å². The Labute approximate surface area is 99.9 Å². The number of rotatable bonds is 6. The van der Waals surface area contributed by atoms with Crippen LogP contribution in [0.25, 0.3) is 0 Å². The van der Waals surface area contributed by atoms with Crippen LogP contribution >= 0.6 is 0 Å². The van der Waals surface area contributed by atoms with E-state index < -0.39 is 6.09 Å². The van der Waals surface area contributed by atoms with Crippen molar-refractivity contribution in [1.29, 1.82) is 0 Å². The highest BCUT2D eigenvalue weighted by Gasteiger charge is 2.01. The molecule has 0 aliphatic rings. The first-order valence-electron chi connectivity index (χ1n) is 5.32. The fraction of sp³-hybridized carbons (Fsp3) is 0.364. The van der Waals surface area contributed by atoms with E-state index in [1.807, 2.05) is 13.0 Å². The number of benzene rings is 1. The molecule has 94 valence electrons. The molecule has 1 aromatic carbocycles. The number of anilines is 2. The molecule has 0 saturated heterocycles. The van der Waals surface area contributed by atoms with Crippen molar-refractivity contribution in [2.24, 2.45) is 5.73 Å². The van der Waals surface area contributed by atoms with Gasteiger partial charge in [0.25, 0.3) is 0 Å². The summed E-state index contributed by atoms with van der Waals surface area (Å²) in [4.78, 5) is 10.3. The van der Waals surface area contributed by atoms with Crippen molar-refractivity contribution in [3.8, 4) is 5.75 Å². The molecule has 0 fully saturated rings. The molecule has 5 N–H and O–H groups in total. The van der Waals surface area contributed by atoms with Crippen molar-refractivity contribution < 1.29 is 14.3 Å². The number of hydrogen-bond donors (Lipinski definition) is 3. The predicted octanol–water partition coefficient (Wildman–Crippen LogP) is 1.17. The summed E-state index contributed by atoms with van der Waals surface area (Å²) >= 11 is 0. The monoisotopic (exact) mass is 239 g/mol. The summed E-state index contributed by atoms with van der Waals surface area (Å²) in [6.45, 7) is 3.13. The SMILES string of the molecule is CCOc1cc(NCCOC(N)=O)ccc1N. The van der Waals surface area contributed by atoms with Crippen molar-refractivity contribution in [2.45, 2.75) is 6.92 Å². The smallest absolute Gasteiger partial charge is 0.404 e. The second-order valence-electron chi connectivity index (χ2n) is 3.28. The Kier molecular flexibility index (Phi) is 4.93. The van der Waals surface area contributed by atoms with Gasteiger partial charge in [-0.1, -0.05) is 0 Å². The summed E-state index contributed by atoms with van der Waals surface area (Å²) in [5.41, 5.74) is 12.0. The van der Waals surface area contributed by atoms with Crippen LogP contribution in [0, 0.1) is 0 Å². The number of carbonyl (C=O) groups is 1. The lowest BCUT2D eigenvalue weighted by molar-refractivity contribution is 0.161. The Morgan fingerprint density at radius 2 is 2.24 bits per heavy atom. The normalized spacial score (nSPS) is 9.71. The maximum absolute atomic E-state index is 10.3. The van der Waals surface area contributed by atoms with Crippen LogP contribution in [-0.4, -0.2) is 25.9 Å². The second kappa shape index (κ2) is 6.47. The molecule has 6 nitrogen and oxygen atoms in total. The maximum atomic E-state index is 10.3. The van der Waals surface area contributed by atoms with Gasteiger partial charge in [-0.2, -0.15) is 0 Å². The maximum Gasteiger partial charge on any atom is 0.404 e. The summed E-state index contributed by atoms with van der Waals surface area (Å²) in [6.07, 6.45) is -0.779. The Hall–Kier alpha value is -2.11. The zero-order chi connectivity index (χ0) is 12.7. The third kappa shape index (κ3) is 4.50. The Balaban J connectivity index is 2.48. The van der Waals surface area contributed by atoms with Crippen LogP contribution in [0.3, 0.4) is 0 Å². The average Bonchev–Trinajstić information content (AvgIpc) is 2.28. The summed E-state index contributed by atoms with van der Waals surface area (Å²) in [6, 6.07) is 5.37. The fourth-order valence-corrected chi connectivity index (χ4v) is 1.27. The van der Waals surface area contributed by atoms with Crippen molar-refractivity contribution in [3.63, 3.8) is 0 Å². The van der Waals surface area contributed by atoms with Crippen molar-refractivity contribution in [3.05, 3.63) is 18.2 Å². The second-order valence-corrected chi connectivity index (χ2v) is 3.28. The van der Waals surface area contributed by atoms with Gasteiger partial charge in [-0.3, -0.25) is 0 Å². The number of carbonyl (C=O) groups excluding carboxylic acids is 1. The minimum Gasteiger partial charge on any atom is -0.492 e. The highest BCUT2D eigenvalue weighted by molar-refractivity contribution is 5.64. The molecule has 1 rings (SSSR count). The van der Waals surface area contributed by atoms with Gasteiger partial charge in [-0.15, -0.1) is 0 Å². The molecule has 0 aliphatic heterocycles. The molecule has 0 aliphatic carbocycles. The highest BCUT2D eigenvalue weighted by atomic mass is 16.5. The zero-order valence-corrected chi connectivity index (χ0v) is 9.73. The van der Waals surface area contributed by atoms with Crippen LogP contribution in [0.1, 0.15) is 6.92 Å². The van der Waals surface area contributed by atoms with E-state index in [4.69, 9.17) is 16.2 Å². The lowest BCUT2D eigenvalue weighted by Crippen LogP contribution is -2.18. The highest BCUT2D eigenvalue weighted by Crippen LogP contribution is 2.25. The quantitative estimate of drug-likeness (QED) is 0.511. The van der Waals surface area contributed by atoms with E-state index >= 15 is 0 Å². The molecule has 0 unspecified atom stereocenters. The zero-order valence-electron chi connectivity index (χ0n) is 9.73. The van der Waals surface area contributed by atoms with Gasteiger partial charge in [0.15, 0.2) is 0 Å². The van der Waals surface area contributed by atoms with Crippen LogP contribution in [0.5, 0.6) is 5.75 Å². The van der Waals surface area contributed by atoms with E-state index in [0.29, 0.717) is 24.6 Å². The molecule has 0 bridgehead atoms. The van der Waals surface area contributed by atoms with Crippen LogP contribution in [-0.2, 0) is 4.74 Å². The van der Waals surface area contributed by atoms with Gasteiger partial charge in [-0.05, 0) is 19.1 Å². The van der Waals surface area contributed by atoms with Crippen molar-refractivity contribution >= 4 is 17.5 Å². The minimum absolute atomic E-state index is 0.212. The van der Waals surface area contributed by atoms with Crippen LogP contribution in [0.4, 0.5) is 16.2 Å². The molecular weight excluding hydrogens is 222 g/mol. The molecule has 1 amide bonds. The van der Waals surface area contributed by atoms with Gasteiger partial charge in [0.2, 0.25) is 0 Å². The average molecular weight is 239 g/mol. The van der Waals surface area contributed by atoms with Crippen molar-refractivity contribution in [1.82, 2.24) is 0 Å². The van der Waals surface area contributed by atoms with Crippen LogP contribution in [0.15, 0.2) is 18.2 Å². The van der Waals surface area contributed by atoms with E-state index in [0.717, 1.165) is 5.69 Å². The molecule has 0 radical (unpaired) electrons. The number of nitrogens with two attached hydrogens (primary N) is 2. The first kappa shape index (κ1) is 13.0. The van der Waals surface area contributed by atoms with E-state index in [2.05, 4.69) is 10.1 Å². The summed E-state index contributed by atoms with van der Waals surface area (Å²) in [5, 5.41) is 3.06. The van der Waals surface area contributed by atoms with Crippen LogP contribution < -0.4 is 21.5 Å². The Bertz CT molecular complexity index is 382. The lowest BCUT2D eigenvalue weighted by atomic mass is 10.2. The topological polar surface area (TPSA) is 99.6 Å². The van der Waals surface area contributed by atoms with Gasteiger partial charge in [0.1, 0.15) is 12.4 Å². The lowest BCUT2D eigenvalue weighted by Gasteiger charge is -2.10. The molecule has 0 aromatic heterocycles. The molecule has 1 aromatic rings. The summed E-state index contributed by atoms with van der Waals surface area (Å²) < 4.78 is 9.94. The number of nitrogens with one attached hydrogen (secondary N) is 1. The molecule has 0 atom stereocenters. The van der Waals surface area contributed by atoms with Gasteiger partial charge < -0.3 is 26.3 Å². The number of hydrogen-bond acceptors (Lipinski definition) is 5. The molecule has 0 saturated carbocycles. The number of nitrogen functional groups attached to an aromatic ring is 1. The number of ether oxygens (including phenoxy) is 2. The molecular formula is C11H17N3O3. The largest absolute Gasteiger partial charge is 0.492 e. The standard InChI is InChI=1S/C11H17N3O3/c1-2-16-10-7-8(3-4-9(10)12)14-5-6-17-11(13)15/h3-4,7,14H,2,5-6,12H2,1H3,(H2,13,15). The molecule has 0 heterocycles. The predicted molar refractivity (Wildman–Crippen MR) is 66.0 cm³/mol. The first-order chi connectivity index (χ1) is 8.13. The third-order valence-corrected chi connectivity index (χ3v) is 1.99. The van der Waals surface area contributed by atoms with Gasteiger partial charge in [0, 0.05) is 18.3 Å². The Morgan fingerprint density at radius 1 is 1.47 bits per heavy atom.